The molecule has 2 aromatic heterocycles. The zero-order chi connectivity index (χ0) is 23.5. The van der Waals surface area contributed by atoms with E-state index in [2.05, 4.69) is 10.3 Å². The van der Waals surface area contributed by atoms with Crippen molar-refractivity contribution in [3.05, 3.63) is 17.5 Å². The molecule has 1 aliphatic rings. The molecule has 0 aromatic carbocycles. The molecular formula is C22H28F3N3O4. The van der Waals surface area contributed by atoms with Crippen LogP contribution in [0.15, 0.2) is 6.07 Å². The SMILES string of the molecule is CCOC(=O)c1c(OCC(F)(F)F)c2cc(NC(=O)C3CCCCC3)c(CC)nc2n1C. The molecule has 0 atom stereocenters. The Bertz CT molecular complexity index is 995. The summed E-state index contributed by atoms with van der Waals surface area (Å²) in [5, 5.41) is 3.11. The Kier molecular flexibility index (Phi) is 7.30. The second-order valence-electron chi connectivity index (χ2n) is 7.89. The molecule has 2 aromatic rings. The lowest BCUT2D eigenvalue weighted by molar-refractivity contribution is -0.153. The number of alkyl halides is 3. The molecule has 0 spiro atoms. The summed E-state index contributed by atoms with van der Waals surface area (Å²) in [6.07, 6.45) is 0.596. The van der Waals surface area contributed by atoms with Crippen LogP contribution >= 0.6 is 0 Å². The standard InChI is InChI=1S/C22H28F3N3O4/c1-4-15-16(27-20(29)13-9-7-6-8-10-13)11-14-18(32-12-22(23,24)25)17(21(30)31-5-2)28(3)19(14)26-15/h11,13H,4-10,12H2,1-3H3,(H,27,29). The molecule has 0 radical (unpaired) electrons. The van der Waals surface area contributed by atoms with Crippen LogP contribution in [0, 0.1) is 5.92 Å². The number of anilines is 1. The summed E-state index contributed by atoms with van der Waals surface area (Å²) in [5.74, 6) is -1.30. The number of hydrogen-bond donors (Lipinski definition) is 1. The lowest BCUT2D eigenvalue weighted by atomic mass is 9.88. The molecule has 0 saturated heterocycles. The van der Waals surface area contributed by atoms with Crippen molar-refractivity contribution in [3.63, 3.8) is 0 Å². The van der Waals surface area contributed by atoms with Gasteiger partial charge in [0, 0.05) is 13.0 Å². The van der Waals surface area contributed by atoms with E-state index in [0.29, 0.717) is 17.8 Å². The summed E-state index contributed by atoms with van der Waals surface area (Å²) in [6, 6.07) is 1.54. The summed E-state index contributed by atoms with van der Waals surface area (Å²) in [5.41, 5.74) is 1.10. The van der Waals surface area contributed by atoms with Gasteiger partial charge >= 0.3 is 12.1 Å². The van der Waals surface area contributed by atoms with E-state index in [-0.39, 0.29) is 40.9 Å². The van der Waals surface area contributed by atoms with Gasteiger partial charge in [0.15, 0.2) is 18.1 Å². The molecule has 0 bridgehead atoms. The minimum atomic E-state index is -4.59. The van der Waals surface area contributed by atoms with Crippen LogP contribution in [0.4, 0.5) is 18.9 Å². The first kappa shape index (κ1) is 23.9. The summed E-state index contributed by atoms with van der Waals surface area (Å²) in [4.78, 5) is 29.8. The number of rotatable bonds is 7. The fourth-order valence-corrected chi connectivity index (χ4v) is 4.06. The highest BCUT2D eigenvalue weighted by atomic mass is 19.4. The Morgan fingerprint density at radius 2 is 1.91 bits per heavy atom. The average molecular weight is 455 g/mol. The van der Waals surface area contributed by atoms with Crippen LogP contribution in [-0.2, 0) is 23.0 Å². The molecule has 2 heterocycles. The van der Waals surface area contributed by atoms with Crippen molar-refractivity contribution >= 4 is 28.6 Å². The number of aryl methyl sites for hydroxylation is 2. The molecule has 176 valence electrons. The number of pyridine rings is 1. The Morgan fingerprint density at radius 1 is 1.22 bits per heavy atom. The highest BCUT2D eigenvalue weighted by molar-refractivity contribution is 6.03. The van der Waals surface area contributed by atoms with Crippen molar-refractivity contribution in [2.24, 2.45) is 13.0 Å². The molecule has 7 nitrogen and oxygen atoms in total. The Labute approximate surface area is 184 Å². The van der Waals surface area contributed by atoms with Crippen LogP contribution in [0.5, 0.6) is 5.75 Å². The predicted molar refractivity (Wildman–Crippen MR) is 113 cm³/mol. The highest BCUT2D eigenvalue weighted by Gasteiger charge is 2.32. The van der Waals surface area contributed by atoms with Gasteiger partial charge in [0.05, 0.1) is 23.4 Å². The molecule has 0 aliphatic heterocycles. The van der Waals surface area contributed by atoms with E-state index in [4.69, 9.17) is 9.47 Å². The van der Waals surface area contributed by atoms with Crippen molar-refractivity contribution in [1.82, 2.24) is 9.55 Å². The zero-order valence-corrected chi connectivity index (χ0v) is 18.5. The van der Waals surface area contributed by atoms with Crippen molar-refractivity contribution < 1.29 is 32.2 Å². The van der Waals surface area contributed by atoms with Gasteiger partial charge in [-0.25, -0.2) is 9.78 Å². The number of ether oxygens (including phenoxy) is 2. The van der Waals surface area contributed by atoms with Gasteiger partial charge in [0.25, 0.3) is 0 Å². The number of amides is 1. The minimum Gasteiger partial charge on any atom is -0.481 e. The number of halogens is 3. The molecule has 1 amide bonds. The van der Waals surface area contributed by atoms with Crippen molar-refractivity contribution in [2.75, 3.05) is 18.5 Å². The first-order chi connectivity index (χ1) is 15.2. The molecule has 10 heteroatoms. The van der Waals surface area contributed by atoms with Gasteiger partial charge in [-0.1, -0.05) is 26.2 Å². The Hall–Kier alpha value is -2.78. The number of esters is 1. The third kappa shape index (κ3) is 5.16. The van der Waals surface area contributed by atoms with E-state index in [9.17, 15) is 22.8 Å². The maximum absolute atomic E-state index is 12.9. The van der Waals surface area contributed by atoms with Gasteiger partial charge in [-0.15, -0.1) is 0 Å². The third-order valence-corrected chi connectivity index (χ3v) is 5.61. The topological polar surface area (TPSA) is 82.4 Å². The fourth-order valence-electron chi connectivity index (χ4n) is 4.06. The number of aromatic nitrogens is 2. The smallest absolute Gasteiger partial charge is 0.422 e. The van der Waals surface area contributed by atoms with Gasteiger partial charge in [0.1, 0.15) is 5.65 Å². The van der Waals surface area contributed by atoms with Gasteiger partial charge in [-0.2, -0.15) is 13.2 Å². The second-order valence-corrected chi connectivity index (χ2v) is 7.89. The summed E-state index contributed by atoms with van der Waals surface area (Å²) in [7, 11) is 1.52. The molecular weight excluding hydrogens is 427 g/mol. The number of nitrogens with one attached hydrogen (secondary N) is 1. The Balaban J connectivity index is 2.07. The number of hydrogen-bond acceptors (Lipinski definition) is 5. The van der Waals surface area contributed by atoms with E-state index in [1.54, 1.807) is 6.92 Å². The fraction of sp³-hybridized carbons (Fsp3) is 0.591. The average Bonchev–Trinajstić information content (AvgIpc) is 3.02. The van der Waals surface area contributed by atoms with E-state index in [1.165, 1.54) is 17.7 Å². The molecule has 1 aliphatic carbocycles. The normalized spacial score (nSPS) is 15.1. The lowest BCUT2D eigenvalue weighted by Crippen LogP contribution is -2.25. The maximum atomic E-state index is 12.9. The van der Waals surface area contributed by atoms with E-state index >= 15 is 0 Å². The monoisotopic (exact) mass is 455 g/mol. The summed E-state index contributed by atoms with van der Waals surface area (Å²) < 4.78 is 50.1. The largest absolute Gasteiger partial charge is 0.481 e. The molecule has 32 heavy (non-hydrogen) atoms. The van der Waals surface area contributed by atoms with E-state index < -0.39 is 18.8 Å². The molecule has 0 unspecified atom stereocenters. The van der Waals surface area contributed by atoms with Crippen LogP contribution in [0.25, 0.3) is 11.0 Å². The maximum Gasteiger partial charge on any atom is 0.422 e. The van der Waals surface area contributed by atoms with Crippen molar-refractivity contribution in [2.45, 2.75) is 58.5 Å². The summed E-state index contributed by atoms with van der Waals surface area (Å²) in [6.45, 7) is 1.94. The molecule has 3 rings (SSSR count). The first-order valence-corrected chi connectivity index (χ1v) is 10.9. The number of carbonyl (C=O) groups is 2. The Morgan fingerprint density at radius 3 is 2.50 bits per heavy atom. The van der Waals surface area contributed by atoms with E-state index in [1.807, 2.05) is 6.92 Å². The van der Waals surface area contributed by atoms with Gasteiger partial charge in [-0.05, 0) is 32.3 Å². The summed E-state index contributed by atoms with van der Waals surface area (Å²) >= 11 is 0. The van der Waals surface area contributed by atoms with Gasteiger partial charge in [-0.3, -0.25) is 4.79 Å². The number of carbonyl (C=O) groups excluding carboxylic acids is 2. The van der Waals surface area contributed by atoms with Crippen LogP contribution in [-0.4, -0.2) is 40.8 Å². The molecule has 1 saturated carbocycles. The van der Waals surface area contributed by atoms with Crippen molar-refractivity contribution in [3.8, 4) is 5.75 Å². The zero-order valence-electron chi connectivity index (χ0n) is 18.5. The number of nitrogens with zero attached hydrogens (tertiary/aromatic N) is 2. The van der Waals surface area contributed by atoms with Crippen LogP contribution in [0.1, 0.15) is 62.1 Å². The van der Waals surface area contributed by atoms with Crippen molar-refractivity contribution in [1.29, 1.82) is 0 Å². The third-order valence-electron chi connectivity index (χ3n) is 5.61. The van der Waals surface area contributed by atoms with Crippen LogP contribution in [0.2, 0.25) is 0 Å². The van der Waals surface area contributed by atoms with Crippen LogP contribution < -0.4 is 10.1 Å². The van der Waals surface area contributed by atoms with Gasteiger partial charge in [0.2, 0.25) is 5.91 Å². The van der Waals surface area contributed by atoms with E-state index in [0.717, 1.165) is 32.1 Å². The quantitative estimate of drug-likeness (QED) is 0.608. The van der Waals surface area contributed by atoms with Gasteiger partial charge < -0.3 is 19.4 Å². The molecule has 1 N–H and O–H groups in total. The second kappa shape index (κ2) is 9.79. The lowest BCUT2D eigenvalue weighted by Gasteiger charge is -2.21. The molecule has 1 fully saturated rings. The minimum absolute atomic E-state index is 0.0510. The van der Waals surface area contributed by atoms with Crippen LogP contribution in [0.3, 0.4) is 0 Å². The number of fused-ring (bicyclic) bond motifs is 1. The first-order valence-electron chi connectivity index (χ1n) is 10.9. The highest BCUT2D eigenvalue weighted by Crippen LogP contribution is 2.36. The predicted octanol–water partition coefficient (Wildman–Crippen LogP) is 4.77.